The van der Waals surface area contributed by atoms with Crippen LogP contribution < -0.4 is 9.47 Å². The minimum absolute atomic E-state index is 0.0416. The number of carbonyl (C=O) groups excluding carboxylic acids is 2. The molecule has 0 bridgehead atoms. The molecule has 4 rings (SSSR count). The number of benzene rings is 2. The number of Topliss-reactive ketones (excluding diaryl/α,β-unsaturated/α-hetero) is 1. The molecule has 1 amide bonds. The van der Waals surface area contributed by atoms with Gasteiger partial charge in [-0.3, -0.25) is 9.59 Å². The van der Waals surface area contributed by atoms with Crippen molar-refractivity contribution in [1.82, 2.24) is 4.90 Å². The molecule has 0 N–H and O–H groups in total. The van der Waals surface area contributed by atoms with E-state index in [4.69, 9.17) is 9.47 Å². The molecule has 27 heavy (non-hydrogen) atoms. The van der Waals surface area contributed by atoms with Crippen LogP contribution in [0.4, 0.5) is 0 Å². The van der Waals surface area contributed by atoms with E-state index in [-0.39, 0.29) is 18.1 Å². The van der Waals surface area contributed by atoms with E-state index in [2.05, 4.69) is 0 Å². The second kappa shape index (κ2) is 6.91. The Labute approximate surface area is 158 Å². The van der Waals surface area contributed by atoms with Gasteiger partial charge in [0, 0.05) is 23.2 Å². The highest BCUT2D eigenvalue weighted by Crippen LogP contribution is 2.43. The van der Waals surface area contributed by atoms with Crippen LogP contribution in [0.25, 0.3) is 5.70 Å². The van der Waals surface area contributed by atoms with Crippen LogP contribution in [0.2, 0.25) is 0 Å². The Hall–Kier alpha value is -3.08. The molecule has 0 unspecified atom stereocenters. The predicted octanol–water partition coefficient (Wildman–Crippen LogP) is 3.36. The summed E-state index contributed by atoms with van der Waals surface area (Å²) >= 11 is 0. The van der Waals surface area contributed by atoms with Crippen molar-refractivity contribution in [3.8, 4) is 11.5 Å². The number of hydrogen-bond acceptors (Lipinski definition) is 4. The molecule has 5 heteroatoms. The van der Waals surface area contributed by atoms with Gasteiger partial charge in [-0.05, 0) is 31.0 Å². The molecular weight excluding hydrogens is 342 g/mol. The van der Waals surface area contributed by atoms with E-state index >= 15 is 0 Å². The Kier molecular flexibility index (Phi) is 4.44. The quantitative estimate of drug-likeness (QED) is 0.782. The number of rotatable bonds is 4. The number of fused-ring (bicyclic) bond motifs is 3. The summed E-state index contributed by atoms with van der Waals surface area (Å²) in [6, 6.07) is 13.7. The summed E-state index contributed by atoms with van der Waals surface area (Å²) in [6.45, 7) is 2.78. The fraction of sp³-hybridized carbons (Fsp3) is 0.273. The predicted molar refractivity (Wildman–Crippen MR) is 101 cm³/mol. The first-order valence-electron chi connectivity index (χ1n) is 9.01. The van der Waals surface area contributed by atoms with Crippen molar-refractivity contribution >= 4 is 17.4 Å². The lowest BCUT2D eigenvalue weighted by molar-refractivity contribution is -0.133. The van der Waals surface area contributed by atoms with Crippen molar-refractivity contribution in [2.45, 2.75) is 26.4 Å². The van der Waals surface area contributed by atoms with E-state index in [1.54, 1.807) is 18.9 Å². The number of ether oxygens (including phenoxy) is 2. The van der Waals surface area contributed by atoms with Gasteiger partial charge in [-0.25, -0.2) is 0 Å². The van der Waals surface area contributed by atoms with Crippen molar-refractivity contribution in [2.24, 2.45) is 0 Å². The van der Waals surface area contributed by atoms with E-state index in [9.17, 15) is 9.59 Å². The zero-order valence-corrected chi connectivity index (χ0v) is 15.5. The summed E-state index contributed by atoms with van der Waals surface area (Å²) in [4.78, 5) is 26.2. The minimum Gasteiger partial charge on any atom is -0.493 e. The van der Waals surface area contributed by atoms with Crippen molar-refractivity contribution in [2.75, 3.05) is 13.7 Å². The van der Waals surface area contributed by atoms with Crippen molar-refractivity contribution in [3.05, 3.63) is 64.7 Å². The first kappa shape index (κ1) is 17.3. The van der Waals surface area contributed by atoms with Gasteiger partial charge in [-0.15, -0.1) is 0 Å². The fourth-order valence-electron chi connectivity index (χ4n) is 3.78. The molecule has 0 saturated heterocycles. The molecule has 138 valence electrons. The molecule has 5 nitrogen and oxygen atoms in total. The maximum Gasteiger partial charge on any atom is 0.234 e. The second-order valence-electron chi connectivity index (χ2n) is 6.77. The third kappa shape index (κ3) is 2.99. The normalized spacial score (nSPS) is 16.1. The summed E-state index contributed by atoms with van der Waals surface area (Å²) in [7, 11) is 1.62. The van der Waals surface area contributed by atoms with Crippen molar-refractivity contribution in [3.63, 3.8) is 0 Å². The molecule has 0 aromatic heterocycles. The monoisotopic (exact) mass is 363 g/mol. The lowest BCUT2D eigenvalue weighted by atomic mass is 9.88. The molecule has 2 aliphatic rings. The van der Waals surface area contributed by atoms with Crippen LogP contribution in [0.1, 0.15) is 30.0 Å². The van der Waals surface area contributed by atoms with Crippen molar-refractivity contribution < 1.29 is 19.1 Å². The molecule has 0 fully saturated rings. The smallest absolute Gasteiger partial charge is 0.234 e. The van der Waals surface area contributed by atoms with Gasteiger partial charge in [-0.1, -0.05) is 30.3 Å². The molecule has 2 aliphatic heterocycles. The highest BCUT2D eigenvalue weighted by Gasteiger charge is 2.36. The summed E-state index contributed by atoms with van der Waals surface area (Å²) in [5.74, 6) is 1.10. The van der Waals surface area contributed by atoms with Gasteiger partial charge in [0.2, 0.25) is 5.91 Å². The van der Waals surface area contributed by atoms with E-state index in [1.807, 2.05) is 42.5 Å². The number of methoxy groups -OCH3 is 1. The summed E-state index contributed by atoms with van der Waals surface area (Å²) in [6.07, 6.45) is 0.623. The lowest BCUT2D eigenvalue weighted by Gasteiger charge is -2.36. The Morgan fingerprint density at radius 3 is 2.59 bits per heavy atom. The summed E-state index contributed by atoms with van der Waals surface area (Å²) in [5, 5.41) is 0. The fourth-order valence-corrected chi connectivity index (χ4v) is 3.78. The van der Waals surface area contributed by atoms with Gasteiger partial charge in [0.1, 0.15) is 6.61 Å². The third-order valence-corrected chi connectivity index (χ3v) is 5.16. The maximum absolute atomic E-state index is 12.3. The Balaban J connectivity index is 1.73. The molecular formula is C22H21NO4. The SMILES string of the molecule is COc1c(OCc2ccccc2)ccc2c1CCN1C(=O)CC(=O)C(C)=C21. The molecule has 0 spiro atoms. The standard InChI is InChI=1S/C22H21NO4/c1-14-18(24)12-20(25)23-11-10-17-16(21(14)23)8-9-19(22(17)26-2)27-13-15-6-4-3-5-7-15/h3-9H,10-13H2,1-2H3. The first-order valence-corrected chi connectivity index (χ1v) is 9.01. The van der Waals surface area contributed by atoms with Crippen LogP contribution in [-0.2, 0) is 22.6 Å². The van der Waals surface area contributed by atoms with Crippen molar-refractivity contribution in [1.29, 1.82) is 0 Å². The Morgan fingerprint density at radius 2 is 1.85 bits per heavy atom. The van der Waals surface area contributed by atoms with Gasteiger partial charge >= 0.3 is 0 Å². The Bertz CT molecular complexity index is 946. The lowest BCUT2D eigenvalue weighted by Crippen LogP contribution is -2.40. The molecule has 0 atom stereocenters. The molecule has 2 aromatic rings. The van der Waals surface area contributed by atoms with Gasteiger partial charge in [0.25, 0.3) is 0 Å². The van der Waals surface area contributed by atoms with Crippen LogP contribution >= 0.6 is 0 Å². The Morgan fingerprint density at radius 1 is 1.07 bits per heavy atom. The van der Waals surface area contributed by atoms with Gasteiger partial charge in [0.15, 0.2) is 17.3 Å². The number of hydrogen-bond donors (Lipinski definition) is 0. The van der Waals surface area contributed by atoms with Gasteiger partial charge in [-0.2, -0.15) is 0 Å². The zero-order valence-electron chi connectivity index (χ0n) is 15.5. The average molecular weight is 363 g/mol. The van der Waals surface area contributed by atoms with E-state index in [0.717, 1.165) is 16.7 Å². The number of nitrogens with zero attached hydrogens (tertiary/aromatic N) is 1. The maximum atomic E-state index is 12.3. The minimum atomic E-state index is -0.130. The van der Waals surface area contributed by atoms with Crippen LogP contribution in [0.15, 0.2) is 48.0 Å². The zero-order chi connectivity index (χ0) is 19.0. The third-order valence-electron chi connectivity index (χ3n) is 5.16. The van der Waals surface area contributed by atoms with Crippen LogP contribution in [0.3, 0.4) is 0 Å². The first-order chi connectivity index (χ1) is 13.1. The number of carbonyl (C=O) groups is 2. The highest BCUT2D eigenvalue weighted by molar-refractivity contribution is 6.16. The molecule has 0 radical (unpaired) electrons. The van der Waals surface area contributed by atoms with Gasteiger partial charge < -0.3 is 14.4 Å². The largest absolute Gasteiger partial charge is 0.493 e. The van der Waals surface area contributed by atoms with E-state index in [1.165, 1.54) is 0 Å². The molecule has 2 aromatic carbocycles. The molecule has 0 aliphatic carbocycles. The number of amides is 1. The van der Waals surface area contributed by atoms with Crippen LogP contribution in [0.5, 0.6) is 11.5 Å². The topological polar surface area (TPSA) is 55.8 Å². The molecule has 2 heterocycles. The second-order valence-corrected chi connectivity index (χ2v) is 6.77. The van der Waals surface area contributed by atoms with E-state index < -0.39 is 0 Å². The van der Waals surface area contributed by atoms with E-state index in [0.29, 0.717) is 42.3 Å². The van der Waals surface area contributed by atoms with Gasteiger partial charge in [0.05, 0.1) is 19.2 Å². The van der Waals surface area contributed by atoms with Crippen LogP contribution in [0, 0.1) is 0 Å². The number of ketones is 1. The summed E-state index contributed by atoms with van der Waals surface area (Å²) in [5.41, 5.74) is 4.28. The molecule has 0 saturated carbocycles. The summed E-state index contributed by atoms with van der Waals surface area (Å²) < 4.78 is 11.7. The highest BCUT2D eigenvalue weighted by atomic mass is 16.5. The number of allylic oxidation sites excluding steroid dienone is 1. The average Bonchev–Trinajstić information content (AvgIpc) is 2.70. The van der Waals surface area contributed by atoms with Crippen LogP contribution in [-0.4, -0.2) is 30.2 Å².